The van der Waals surface area contributed by atoms with Gasteiger partial charge in [-0.1, -0.05) is 32.8 Å². The average Bonchev–Trinajstić information content (AvgIpc) is 2.34. The van der Waals surface area contributed by atoms with E-state index in [4.69, 9.17) is 9.84 Å². The molecule has 19 heavy (non-hydrogen) atoms. The number of hydrogen-bond acceptors (Lipinski definition) is 3. The van der Waals surface area contributed by atoms with Gasteiger partial charge in [0.05, 0.1) is 0 Å². The number of phenols is 1. The van der Waals surface area contributed by atoms with Crippen LogP contribution in [0.5, 0.6) is 11.5 Å². The second kappa shape index (κ2) is 7.02. The number of aromatic hydroxyl groups is 1. The topological polar surface area (TPSA) is 66.8 Å². The molecule has 0 aliphatic carbocycles. The highest BCUT2D eigenvalue weighted by Gasteiger charge is 2.18. The molecule has 0 saturated carbocycles. The number of hydrogen-bond donors (Lipinski definition) is 2. The van der Waals surface area contributed by atoms with Crippen molar-refractivity contribution >= 4 is 6.16 Å². The van der Waals surface area contributed by atoms with E-state index >= 15 is 0 Å². The normalized spacial score (nSPS) is 10.5. The molecular weight excluding hydrogens is 244 g/mol. The zero-order valence-electron chi connectivity index (χ0n) is 11.8. The lowest BCUT2D eigenvalue weighted by atomic mass is 9.97. The fraction of sp³-hybridized carbons (Fsp3) is 0.533. The number of aryl methyl sites for hydroxylation is 2. The maximum absolute atomic E-state index is 10.8. The van der Waals surface area contributed by atoms with Crippen molar-refractivity contribution in [1.29, 1.82) is 0 Å². The van der Waals surface area contributed by atoms with E-state index in [9.17, 15) is 9.90 Å². The first kappa shape index (κ1) is 15.3. The van der Waals surface area contributed by atoms with E-state index in [-0.39, 0.29) is 11.5 Å². The zero-order chi connectivity index (χ0) is 14.4. The Hall–Kier alpha value is -1.71. The highest BCUT2D eigenvalue weighted by atomic mass is 16.7. The number of benzene rings is 1. The van der Waals surface area contributed by atoms with Gasteiger partial charge < -0.3 is 14.9 Å². The first-order valence-electron chi connectivity index (χ1n) is 6.76. The Morgan fingerprint density at radius 2 is 2.00 bits per heavy atom. The summed E-state index contributed by atoms with van der Waals surface area (Å²) in [5, 5.41) is 19.0. The maximum Gasteiger partial charge on any atom is 0.511 e. The summed E-state index contributed by atoms with van der Waals surface area (Å²) < 4.78 is 4.77. The van der Waals surface area contributed by atoms with Gasteiger partial charge >= 0.3 is 6.16 Å². The van der Waals surface area contributed by atoms with Gasteiger partial charge in [-0.3, -0.25) is 0 Å². The summed E-state index contributed by atoms with van der Waals surface area (Å²) in [5.74, 6) is 0.0717. The first-order valence-corrected chi connectivity index (χ1v) is 6.76. The Kier molecular flexibility index (Phi) is 5.67. The standard InChI is InChI=1S/C15H22O4/c1-4-6-7-8-11-9-10(3)12(5-2)13(16)14(11)19-15(17)18/h9,16H,4-8H2,1-3H3,(H,17,18). The van der Waals surface area contributed by atoms with E-state index < -0.39 is 6.16 Å². The van der Waals surface area contributed by atoms with Crippen LogP contribution in [-0.4, -0.2) is 16.4 Å². The van der Waals surface area contributed by atoms with Crippen LogP contribution < -0.4 is 4.74 Å². The Balaban J connectivity index is 3.15. The monoisotopic (exact) mass is 266 g/mol. The third-order valence-electron chi connectivity index (χ3n) is 3.25. The Morgan fingerprint density at radius 3 is 2.53 bits per heavy atom. The van der Waals surface area contributed by atoms with Crippen LogP contribution >= 0.6 is 0 Å². The fourth-order valence-electron chi connectivity index (χ4n) is 2.29. The molecule has 0 fully saturated rings. The van der Waals surface area contributed by atoms with Gasteiger partial charge in [-0.05, 0) is 37.3 Å². The van der Waals surface area contributed by atoms with E-state index in [0.29, 0.717) is 6.42 Å². The molecule has 0 unspecified atom stereocenters. The van der Waals surface area contributed by atoms with Gasteiger partial charge in [-0.2, -0.15) is 0 Å². The molecule has 0 aliphatic heterocycles. The van der Waals surface area contributed by atoms with Crippen LogP contribution in [0.15, 0.2) is 6.07 Å². The molecule has 4 nitrogen and oxygen atoms in total. The lowest BCUT2D eigenvalue weighted by molar-refractivity contribution is 0.142. The number of phenolic OH excluding ortho intramolecular Hbond substituents is 1. The Bertz CT molecular complexity index is 452. The van der Waals surface area contributed by atoms with Gasteiger partial charge in [0.2, 0.25) is 0 Å². The molecule has 0 saturated heterocycles. The molecule has 0 bridgehead atoms. The van der Waals surface area contributed by atoms with Crippen LogP contribution in [-0.2, 0) is 12.8 Å². The number of carbonyl (C=O) groups is 1. The summed E-state index contributed by atoms with van der Waals surface area (Å²) in [7, 11) is 0. The predicted molar refractivity (Wildman–Crippen MR) is 74.1 cm³/mol. The van der Waals surface area contributed by atoms with Crippen molar-refractivity contribution in [3.63, 3.8) is 0 Å². The quantitative estimate of drug-likeness (QED) is 0.463. The maximum atomic E-state index is 10.8. The Labute approximate surface area is 114 Å². The fourth-order valence-corrected chi connectivity index (χ4v) is 2.29. The van der Waals surface area contributed by atoms with Crippen LogP contribution in [0, 0.1) is 6.92 Å². The van der Waals surface area contributed by atoms with Crippen molar-refractivity contribution in [2.75, 3.05) is 0 Å². The summed E-state index contributed by atoms with van der Waals surface area (Å²) in [5.41, 5.74) is 2.49. The molecule has 106 valence electrons. The zero-order valence-corrected chi connectivity index (χ0v) is 11.8. The largest absolute Gasteiger partial charge is 0.511 e. The lowest BCUT2D eigenvalue weighted by Gasteiger charge is -2.15. The van der Waals surface area contributed by atoms with Gasteiger partial charge in [-0.25, -0.2) is 4.79 Å². The van der Waals surface area contributed by atoms with E-state index in [0.717, 1.165) is 42.4 Å². The van der Waals surface area contributed by atoms with E-state index in [1.54, 1.807) is 0 Å². The summed E-state index contributed by atoms with van der Waals surface area (Å²) in [6.07, 6.45) is 3.08. The molecule has 2 N–H and O–H groups in total. The van der Waals surface area contributed by atoms with Crippen LogP contribution in [0.25, 0.3) is 0 Å². The highest BCUT2D eigenvalue weighted by Crippen LogP contribution is 2.37. The third kappa shape index (κ3) is 3.88. The molecular formula is C15H22O4. The molecule has 0 amide bonds. The van der Waals surface area contributed by atoms with Crippen molar-refractivity contribution in [3.8, 4) is 11.5 Å². The van der Waals surface area contributed by atoms with Crippen LogP contribution in [0.4, 0.5) is 4.79 Å². The van der Waals surface area contributed by atoms with Crippen LogP contribution in [0.3, 0.4) is 0 Å². The number of ether oxygens (including phenoxy) is 1. The van der Waals surface area contributed by atoms with Crippen molar-refractivity contribution in [1.82, 2.24) is 0 Å². The van der Waals surface area contributed by atoms with E-state index in [1.165, 1.54) is 0 Å². The van der Waals surface area contributed by atoms with Gasteiger partial charge in [0.15, 0.2) is 11.5 Å². The van der Waals surface area contributed by atoms with Crippen LogP contribution in [0.1, 0.15) is 49.8 Å². The third-order valence-corrected chi connectivity index (χ3v) is 3.25. The molecule has 0 aromatic heterocycles. The minimum Gasteiger partial charge on any atom is -0.504 e. The molecule has 0 heterocycles. The second-order valence-corrected chi connectivity index (χ2v) is 4.69. The minimum absolute atomic E-state index is 0.0311. The summed E-state index contributed by atoms with van der Waals surface area (Å²) in [4.78, 5) is 10.8. The van der Waals surface area contributed by atoms with Gasteiger partial charge in [0, 0.05) is 5.56 Å². The summed E-state index contributed by atoms with van der Waals surface area (Å²) >= 11 is 0. The van der Waals surface area contributed by atoms with Gasteiger partial charge in [-0.15, -0.1) is 0 Å². The van der Waals surface area contributed by atoms with Crippen molar-refractivity contribution in [3.05, 3.63) is 22.8 Å². The molecule has 1 aromatic carbocycles. The molecule has 0 atom stereocenters. The van der Waals surface area contributed by atoms with E-state index in [1.807, 2.05) is 19.9 Å². The molecule has 1 aromatic rings. The van der Waals surface area contributed by atoms with Crippen molar-refractivity contribution < 1.29 is 19.7 Å². The van der Waals surface area contributed by atoms with Crippen molar-refractivity contribution in [2.45, 2.75) is 52.9 Å². The molecule has 0 spiro atoms. The van der Waals surface area contributed by atoms with Gasteiger partial charge in [0.25, 0.3) is 0 Å². The molecule has 4 heteroatoms. The number of carboxylic acid groups (broad SMARTS) is 1. The minimum atomic E-state index is -1.39. The lowest BCUT2D eigenvalue weighted by Crippen LogP contribution is -2.07. The molecule has 1 rings (SSSR count). The molecule has 0 aliphatic rings. The first-order chi connectivity index (χ1) is 9.01. The SMILES string of the molecule is CCCCCc1cc(C)c(CC)c(O)c1OC(=O)O. The second-order valence-electron chi connectivity index (χ2n) is 4.69. The van der Waals surface area contributed by atoms with E-state index in [2.05, 4.69) is 6.92 Å². The molecule has 0 radical (unpaired) electrons. The van der Waals surface area contributed by atoms with Crippen LogP contribution in [0.2, 0.25) is 0 Å². The smallest absolute Gasteiger partial charge is 0.504 e. The number of unbranched alkanes of at least 4 members (excludes halogenated alkanes) is 2. The Morgan fingerprint density at radius 1 is 1.32 bits per heavy atom. The summed E-state index contributed by atoms with van der Waals surface area (Å²) in [6.45, 7) is 5.95. The van der Waals surface area contributed by atoms with Crippen molar-refractivity contribution in [2.24, 2.45) is 0 Å². The highest BCUT2D eigenvalue weighted by molar-refractivity contribution is 5.66. The summed E-state index contributed by atoms with van der Waals surface area (Å²) in [6, 6.07) is 1.92. The predicted octanol–water partition coefficient (Wildman–Crippen LogP) is 4.05. The average molecular weight is 266 g/mol. The number of rotatable bonds is 6. The van der Waals surface area contributed by atoms with Gasteiger partial charge in [0.1, 0.15) is 0 Å².